The average Bonchev–Trinajstić information content (AvgIpc) is 1.77. The Morgan fingerprint density at radius 3 is 1.50 bits per heavy atom. The maximum atomic E-state index is 11.8. The van der Waals surface area contributed by atoms with Gasteiger partial charge >= 0.3 is 0 Å². The van der Waals surface area contributed by atoms with Crippen LogP contribution in [0, 0.1) is 0 Å². The molecule has 5 heteroatoms. The van der Waals surface area contributed by atoms with Gasteiger partial charge in [-0.1, -0.05) is 0 Å². The molecular formula is C9H22N2O2S. The first kappa shape index (κ1) is 13.9. The maximum absolute atomic E-state index is 11.8. The van der Waals surface area contributed by atoms with Crippen molar-refractivity contribution >= 4 is 10.2 Å². The van der Waals surface area contributed by atoms with Crippen LogP contribution in [0.1, 0.15) is 41.5 Å². The predicted octanol–water partition coefficient (Wildman–Crippen LogP) is 1.35. The SMILES string of the molecule is CC(C)NS(=O)(=O)N(C(C)C)C(C)C. The zero-order valence-corrected chi connectivity index (χ0v) is 10.7. The fraction of sp³-hybridized carbons (Fsp3) is 1.00. The number of hydrogen-bond acceptors (Lipinski definition) is 2. The highest BCUT2D eigenvalue weighted by atomic mass is 32.2. The molecule has 0 heterocycles. The Hall–Kier alpha value is -0.130. The molecule has 0 fully saturated rings. The minimum atomic E-state index is -3.34. The standard InChI is InChI=1S/C9H22N2O2S/c1-7(2)10-14(12,13)11(8(3)4)9(5)6/h7-10H,1-6H3. The Balaban J connectivity index is 4.83. The summed E-state index contributed by atoms with van der Waals surface area (Å²) in [5, 5.41) is 0. The van der Waals surface area contributed by atoms with E-state index in [-0.39, 0.29) is 18.1 Å². The molecule has 0 aliphatic carbocycles. The van der Waals surface area contributed by atoms with Gasteiger partial charge in [-0.25, -0.2) is 0 Å². The van der Waals surface area contributed by atoms with Crippen molar-refractivity contribution in [2.45, 2.75) is 59.7 Å². The normalized spacial score (nSPS) is 13.6. The van der Waals surface area contributed by atoms with E-state index in [2.05, 4.69) is 4.72 Å². The van der Waals surface area contributed by atoms with E-state index >= 15 is 0 Å². The van der Waals surface area contributed by atoms with E-state index in [9.17, 15) is 8.42 Å². The van der Waals surface area contributed by atoms with Crippen molar-refractivity contribution in [2.75, 3.05) is 0 Å². The molecule has 4 nitrogen and oxygen atoms in total. The molecular weight excluding hydrogens is 200 g/mol. The van der Waals surface area contributed by atoms with E-state index in [1.165, 1.54) is 4.31 Å². The van der Waals surface area contributed by atoms with Crippen LogP contribution >= 0.6 is 0 Å². The van der Waals surface area contributed by atoms with Gasteiger partial charge < -0.3 is 0 Å². The van der Waals surface area contributed by atoms with Crippen molar-refractivity contribution in [1.29, 1.82) is 0 Å². The molecule has 0 unspecified atom stereocenters. The van der Waals surface area contributed by atoms with Crippen LogP contribution < -0.4 is 4.72 Å². The molecule has 0 aromatic carbocycles. The molecule has 0 radical (unpaired) electrons. The molecule has 1 N–H and O–H groups in total. The van der Waals surface area contributed by atoms with Crippen molar-refractivity contribution in [3.63, 3.8) is 0 Å². The van der Waals surface area contributed by atoms with Crippen LogP contribution in [-0.2, 0) is 10.2 Å². The minimum absolute atomic E-state index is 0.0220. The molecule has 0 aliphatic rings. The fourth-order valence-electron chi connectivity index (χ4n) is 1.51. The van der Waals surface area contributed by atoms with Gasteiger partial charge in [0.05, 0.1) is 0 Å². The van der Waals surface area contributed by atoms with Gasteiger partial charge in [0.25, 0.3) is 10.2 Å². The highest BCUT2D eigenvalue weighted by molar-refractivity contribution is 7.87. The second kappa shape index (κ2) is 5.09. The topological polar surface area (TPSA) is 49.4 Å². The van der Waals surface area contributed by atoms with Gasteiger partial charge in [-0.05, 0) is 41.5 Å². The molecule has 0 saturated heterocycles. The highest BCUT2D eigenvalue weighted by Crippen LogP contribution is 2.10. The molecule has 0 saturated carbocycles. The monoisotopic (exact) mass is 222 g/mol. The van der Waals surface area contributed by atoms with Gasteiger partial charge in [0, 0.05) is 18.1 Å². The summed E-state index contributed by atoms with van der Waals surface area (Å²) in [6.45, 7) is 11.1. The Bertz CT molecular complexity index is 250. The Morgan fingerprint density at radius 1 is 0.929 bits per heavy atom. The third kappa shape index (κ3) is 3.94. The number of nitrogens with zero attached hydrogens (tertiary/aromatic N) is 1. The van der Waals surface area contributed by atoms with Crippen molar-refractivity contribution in [3.05, 3.63) is 0 Å². The van der Waals surface area contributed by atoms with E-state index in [1.807, 2.05) is 41.5 Å². The quantitative estimate of drug-likeness (QED) is 0.763. The van der Waals surface area contributed by atoms with Crippen molar-refractivity contribution in [1.82, 2.24) is 9.03 Å². The van der Waals surface area contributed by atoms with Crippen molar-refractivity contribution in [2.24, 2.45) is 0 Å². The molecule has 0 spiro atoms. The van der Waals surface area contributed by atoms with E-state index in [0.717, 1.165) is 0 Å². The third-order valence-corrected chi connectivity index (χ3v) is 3.85. The maximum Gasteiger partial charge on any atom is 0.280 e. The zero-order valence-electron chi connectivity index (χ0n) is 9.90. The van der Waals surface area contributed by atoms with Gasteiger partial charge in [-0.15, -0.1) is 0 Å². The molecule has 0 aliphatic heterocycles. The summed E-state index contributed by atoms with van der Waals surface area (Å²) >= 11 is 0. The summed E-state index contributed by atoms with van der Waals surface area (Å²) in [5.74, 6) is 0. The van der Waals surface area contributed by atoms with Gasteiger partial charge in [-0.2, -0.15) is 17.4 Å². The van der Waals surface area contributed by atoms with Gasteiger partial charge in [0.15, 0.2) is 0 Å². The van der Waals surface area contributed by atoms with Crippen LogP contribution in [0.2, 0.25) is 0 Å². The van der Waals surface area contributed by atoms with E-state index < -0.39 is 10.2 Å². The third-order valence-electron chi connectivity index (χ3n) is 1.68. The van der Waals surface area contributed by atoms with E-state index in [4.69, 9.17) is 0 Å². The van der Waals surface area contributed by atoms with Crippen LogP contribution in [-0.4, -0.2) is 30.8 Å². The molecule has 0 aromatic heterocycles. The summed E-state index contributed by atoms with van der Waals surface area (Å²) in [6.07, 6.45) is 0. The molecule has 86 valence electrons. The lowest BCUT2D eigenvalue weighted by Gasteiger charge is -2.30. The van der Waals surface area contributed by atoms with Gasteiger partial charge in [0.1, 0.15) is 0 Å². The summed E-state index contributed by atoms with van der Waals surface area (Å²) in [6, 6.07) is -0.113. The second-order valence-corrected chi connectivity index (χ2v) is 5.90. The largest absolute Gasteiger partial charge is 0.280 e. The average molecular weight is 222 g/mol. The Kier molecular flexibility index (Phi) is 5.05. The lowest BCUT2D eigenvalue weighted by atomic mass is 10.3. The molecule has 0 bridgehead atoms. The van der Waals surface area contributed by atoms with E-state index in [1.54, 1.807) is 0 Å². The minimum Gasteiger partial charge on any atom is -0.200 e. The smallest absolute Gasteiger partial charge is 0.200 e. The first-order valence-corrected chi connectivity index (χ1v) is 6.43. The summed E-state index contributed by atoms with van der Waals surface area (Å²) in [5.41, 5.74) is 0. The number of nitrogens with one attached hydrogen (secondary N) is 1. The lowest BCUT2D eigenvalue weighted by molar-refractivity contribution is 0.296. The predicted molar refractivity (Wildman–Crippen MR) is 59.3 cm³/mol. The first-order valence-electron chi connectivity index (χ1n) is 4.99. The molecule has 14 heavy (non-hydrogen) atoms. The number of rotatable bonds is 5. The van der Waals surface area contributed by atoms with Crippen LogP contribution in [0.25, 0.3) is 0 Å². The molecule has 0 atom stereocenters. The Morgan fingerprint density at radius 2 is 1.29 bits per heavy atom. The highest BCUT2D eigenvalue weighted by Gasteiger charge is 2.27. The Labute approximate surface area is 87.9 Å². The lowest BCUT2D eigenvalue weighted by Crippen LogP contribution is -2.49. The van der Waals surface area contributed by atoms with Gasteiger partial charge in [0.2, 0.25) is 0 Å². The first-order chi connectivity index (χ1) is 6.18. The van der Waals surface area contributed by atoms with Crippen molar-refractivity contribution in [3.8, 4) is 0 Å². The number of hydrogen-bond donors (Lipinski definition) is 1. The second-order valence-electron chi connectivity index (χ2n) is 4.30. The van der Waals surface area contributed by atoms with Crippen LogP contribution in [0.4, 0.5) is 0 Å². The zero-order chi connectivity index (χ0) is 11.5. The summed E-state index contributed by atoms with van der Waals surface area (Å²) in [4.78, 5) is 0. The summed E-state index contributed by atoms with van der Waals surface area (Å²) in [7, 11) is -3.34. The summed E-state index contributed by atoms with van der Waals surface area (Å²) < 4.78 is 27.7. The van der Waals surface area contributed by atoms with Crippen LogP contribution in [0.3, 0.4) is 0 Å². The molecule has 0 amide bonds. The molecule has 0 rings (SSSR count). The van der Waals surface area contributed by atoms with Crippen LogP contribution in [0.15, 0.2) is 0 Å². The fourth-order valence-corrected chi connectivity index (χ4v) is 3.34. The van der Waals surface area contributed by atoms with Crippen LogP contribution in [0.5, 0.6) is 0 Å². The van der Waals surface area contributed by atoms with Crippen molar-refractivity contribution < 1.29 is 8.42 Å². The molecule has 0 aromatic rings. The van der Waals surface area contributed by atoms with Gasteiger partial charge in [-0.3, -0.25) is 0 Å². The van der Waals surface area contributed by atoms with E-state index in [0.29, 0.717) is 0 Å².